The highest BCUT2D eigenvalue weighted by atomic mass is 35.5. The summed E-state index contributed by atoms with van der Waals surface area (Å²) < 4.78 is 1.95. The van der Waals surface area contributed by atoms with Gasteiger partial charge in [-0.05, 0) is 62.4 Å². The van der Waals surface area contributed by atoms with Crippen LogP contribution < -0.4 is 4.90 Å². The van der Waals surface area contributed by atoms with E-state index < -0.39 is 0 Å². The van der Waals surface area contributed by atoms with Gasteiger partial charge >= 0.3 is 0 Å². The minimum Gasteiger partial charge on any atom is -0.370 e. The molecule has 0 aliphatic carbocycles. The third kappa shape index (κ3) is 4.34. The van der Waals surface area contributed by atoms with Gasteiger partial charge in [-0.2, -0.15) is 10.2 Å². The van der Waals surface area contributed by atoms with Crippen molar-refractivity contribution in [1.29, 1.82) is 0 Å². The Morgan fingerprint density at radius 2 is 2.06 bits per heavy atom. The predicted molar refractivity (Wildman–Crippen MR) is 125 cm³/mol. The third-order valence-corrected chi connectivity index (χ3v) is 7.35. The number of piperidine rings is 1. The van der Waals surface area contributed by atoms with Crippen LogP contribution in [0.5, 0.6) is 0 Å². The van der Waals surface area contributed by atoms with Crippen LogP contribution in [0, 0.1) is 11.8 Å². The van der Waals surface area contributed by atoms with Gasteiger partial charge in [0.2, 0.25) is 0 Å². The summed E-state index contributed by atoms with van der Waals surface area (Å²) in [6.45, 7) is 7.49. The molecule has 1 aromatic carbocycles. The van der Waals surface area contributed by atoms with E-state index in [1.807, 2.05) is 29.2 Å². The molecule has 2 atom stereocenters. The summed E-state index contributed by atoms with van der Waals surface area (Å²) >= 11 is 13.1. The van der Waals surface area contributed by atoms with Gasteiger partial charge in [0.15, 0.2) is 0 Å². The van der Waals surface area contributed by atoms with Crippen molar-refractivity contribution in [1.82, 2.24) is 24.9 Å². The van der Waals surface area contributed by atoms with E-state index in [0.717, 1.165) is 55.6 Å². The van der Waals surface area contributed by atoms with Crippen molar-refractivity contribution >= 4 is 28.9 Å². The van der Waals surface area contributed by atoms with Crippen LogP contribution in [0.25, 0.3) is 0 Å². The summed E-state index contributed by atoms with van der Waals surface area (Å²) in [7, 11) is 0. The van der Waals surface area contributed by atoms with Crippen molar-refractivity contribution in [2.75, 3.05) is 31.1 Å². The molecule has 164 valence electrons. The molecule has 1 N–H and O–H groups in total. The molecule has 3 aromatic rings. The van der Waals surface area contributed by atoms with E-state index in [4.69, 9.17) is 23.2 Å². The normalized spacial score (nSPS) is 21.3. The average Bonchev–Trinajstić information content (AvgIpc) is 3.41. The molecule has 2 fully saturated rings. The molecule has 0 bridgehead atoms. The Morgan fingerprint density at radius 1 is 1.19 bits per heavy atom. The molecule has 2 saturated heterocycles. The first-order chi connectivity index (χ1) is 15.1. The Bertz CT molecular complexity index is 998. The van der Waals surface area contributed by atoms with Gasteiger partial charge in [0, 0.05) is 66.1 Å². The first-order valence-corrected chi connectivity index (χ1v) is 11.8. The van der Waals surface area contributed by atoms with Gasteiger partial charge in [0.25, 0.3) is 0 Å². The van der Waals surface area contributed by atoms with E-state index in [9.17, 15) is 0 Å². The fourth-order valence-corrected chi connectivity index (χ4v) is 5.76. The van der Waals surface area contributed by atoms with Gasteiger partial charge in [-0.3, -0.25) is 14.7 Å². The maximum absolute atomic E-state index is 6.68. The first kappa shape index (κ1) is 20.9. The number of benzene rings is 1. The number of H-pyrrole nitrogens is 1. The minimum atomic E-state index is 0.0489. The topological polar surface area (TPSA) is 53.0 Å². The number of aromatic nitrogens is 4. The summed E-state index contributed by atoms with van der Waals surface area (Å²) in [4.78, 5) is 4.99. The largest absolute Gasteiger partial charge is 0.370 e. The SMILES string of the molecule is CC(c1c(Cl)cc(Cl)cc1N1CC([C@@H]2CCCN(Cc3cc[nH]n3)C2)C1)n1cccn1. The molecule has 0 radical (unpaired) electrons. The quantitative estimate of drug-likeness (QED) is 0.572. The van der Waals surface area contributed by atoms with Gasteiger partial charge in [0.05, 0.1) is 11.7 Å². The molecule has 0 saturated carbocycles. The predicted octanol–water partition coefficient (Wildman–Crippen LogP) is 4.87. The van der Waals surface area contributed by atoms with E-state index in [0.29, 0.717) is 16.0 Å². The molecule has 6 nitrogen and oxygen atoms in total. The second-order valence-electron chi connectivity index (χ2n) is 8.85. The number of rotatable bonds is 6. The molecule has 8 heteroatoms. The fraction of sp³-hybridized carbons (Fsp3) is 0.478. The standard InChI is InChI=1S/C23H28Cl2N6/c1-16(31-9-3-6-27-31)23-21(25)10-19(24)11-22(23)30-13-18(14-30)17-4-2-8-29(12-17)15-20-5-7-26-28-20/h3,5-7,9-11,16-18H,2,4,8,12-15H2,1H3,(H,26,28)/t16?,17-/m1/s1. The second kappa shape index (κ2) is 8.85. The lowest BCUT2D eigenvalue weighted by atomic mass is 9.80. The van der Waals surface area contributed by atoms with Crippen molar-refractivity contribution in [2.45, 2.75) is 32.4 Å². The highest BCUT2D eigenvalue weighted by Gasteiger charge is 2.37. The molecular weight excluding hydrogens is 431 g/mol. The van der Waals surface area contributed by atoms with Crippen LogP contribution in [-0.2, 0) is 6.54 Å². The molecule has 2 aliphatic heterocycles. The van der Waals surface area contributed by atoms with E-state index in [1.54, 1.807) is 6.20 Å². The van der Waals surface area contributed by atoms with Gasteiger partial charge in [-0.1, -0.05) is 23.2 Å². The lowest BCUT2D eigenvalue weighted by molar-refractivity contribution is 0.113. The molecular formula is C23H28Cl2N6. The maximum Gasteiger partial charge on any atom is 0.0775 e. The van der Waals surface area contributed by atoms with Crippen LogP contribution in [0.1, 0.15) is 37.1 Å². The van der Waals surface area contributed by atoms with Crippen molar-refractivity contribution in [2.24, 2.45) is 11.8 Å². The van der Waals surface area contributed by atoms with Crippen LogP contribution >= 0.6 is 23.2 Å². The highest BCUT2D eigenvalue weighted by molar-refractivity contribution is 6.35. The summed E-state index contributed by atoms with van der Waals surface area (Å²) in [6.07, 6.45) is 8.25. The highest BCUT2D eigenvalue weighted by Crippen LogP contribution is 2.42. The van der Waals surface area contributed by atoms with E-state index in [1.165, 1.54) is 12.8 Å². The Kier molecular flexibility index (Phi) is 5.95. The zero-order valence-corrected chi connectivity index (χ0v) is 19.2. The summed E-state index contributed by atoms with van der Waals surface area (Å²) in [5.74, 6) is 1.43. The van der Waals surface area contributed by atoms with Crippen molar-refractivity contribution in [3.63, 3.8) is 0 Å². The molecule has 1 unspecified atom stereocenters. The maximum atomic E-state index is 6.68. The van der Waals surface area contributed by atoms with Crippen LogP contribution in [0.4, 0.5) is 5.69 Å². The zero-order chi connectivity index (χ0) is 21.4. The molecule has 0 spiro atoms. The van der Waals surface area contributed by atoms with Gasteiger partial charge in [-0.15, -0.1) is 0 Å². The molecule has 2 aromatic heterocycles. The lowest BCUT2D eigenvalue weighted by Gasteiger charge is -2.48. The number of halogens is 2. The minimum absolute atomic E-state index is 0.0489. The average molecular weight is 459 g/mol. The number of anilines is 1. The van der Waals surface area contributed by atoms with Crippen LogP contribution in [0.2, 0.25) is 10.0 Å². The number of aromatic amines is 1. The van der Waals surface area contributed by atoms with Crippen molar-refractivity contribution in [3.8, 4) is 0 Å². The van der Waals surface area contributed by atoms with Crippen LogP contribution in [0.15, 0.2) is 42.9 Å². The Labute approximate surface area is 193 Å². The summed E-state index contributed by atoms with van der Waals surface area (Å²) in [5.41, 5.74) is 3.36. The Hall–Kier alpha value is -2.02. The number of nitrogens with one attached hydrogen (secondary N) is 1. The van der Waals surface area contributed by atoms with Crippen molar-refractivity contribution < 1.29 is 0 Å². The second-order valence-corrected chi connectivity index (χ2v) is 9.69. The molecule has 5 rings (SSSR count). The van der Waals surface area contributed by atoms with Gasteiger partial charge < -0.3 is 4.90 Å². The van der Waals surface area contributed by atoms with Gasteiger partial charge in [-0.25, -0.2) is 0 Å². The molecule has 2 aliphatic rings. The van der Waals surface area contributed by atoms with Crippen LogP contribution in [-0.4, -0.2) is 51.1 Å². The number of hydrogen-bond acceptors (Lipinski definition) is 4. The fourth-order valence-electron chi connectivity index (χ4n) is 5.12. The van der Waals surface area contributed by atoms with E-state index >= 15 is 0 Å². The lowest BCUT2D eigenvalue weighted by Crippen LogP contribution is -2.53. The number of hydrogen-bond donors (Lipinski definition) is 1. The third-order valence-electron chi connectivity index (χ3n) is 6.82. The van der Waals surface area contributed by atoms with Crippen molar-refractivity contribution in [3.05, 3.63) is 64.2 Å². The van der Waals surface area contributed by atoms with E-state index in [-0.39, 0.29) is 6.04 Å². The first-order valence-electron chi connectivity index (χ1n) is 11.0. The Morgan fingerprint density at radius 3 is 2.81 bits per heavy atom. The van der Waals surface area contributed by atoms with E-state index in [2.05, 4.69) is 44.2 Å². The summed E-state index contributed by atoms with van der Waals surface area (Å²) in [6, 6.07) is 7.96. The number of nitrogens with zero attached hydrogens (tertiary/aromatic N) is 5. The Balaban J connectivity index is 1.28. The molecule has 31 heavy (non-hydrogen) atoms. The summed E-state index contributed by atoms with van der Waals surface area (Å²) in [5, 5.41) is 13.1. The van der Waals surface area contributed by atoms with Crippen LogP contribution in [0.3, 0.4) is 0 Å². The molecule has 0 amide bonds. The van der Waals surface area contributed by atoms with Gasteiger partial charge in [0.1, 0.15) is 0 Å². The molecule has 4 heterocycles. The monoisotopic (exact) mass is 458 g/mol. The smallest absolute Gasteiger partial charge is 0.0775 e. The number of likely N-dealkylation sites (tertiary alicyclic amines) is 1. The zero-order valence-electron chi connectivity index (χ0n) is 17.7.